The number of carbonyl (C=O) groups excluding carboxylic acids is 1. The number of ketones is 1. The third-order valence-electron chi connectivity index (χ3n) is 7.36. The lowest BCUT2D eigenvalue weighted by Crippen LogP contribution is -2.22. The molecule has 6 aromatic carbocycles. The first-order valence-electron chi connectivity index (χ1n) is 13.7. The van der Waals surface area contributed by atoms with Gasteiger partial charge in [-0.1, -0.05) is 109 Å². The van der Waals surface area contributed by atoms with E-state index < -0.39 is 0 Å². The molecule has 6 aromatic rings. The van der Waals surface area contributed by atoms with Crippen molar-refractivity contribution < 1.29 is 14.3 Å². The summed E-state index contributed by atoms with van der Waals surface area (Å²) < 4.78 is 11.9. The molecule has 0 spiro atoms. The Morgan fingerprint density at radius 3 is 1.29 bits per heavy atom. The quantitative estimate of drug-likeness (QED) is 0.190. The van der Waals surface area contributed by atoms with Crippen molar-refractivity contribution >= 4 is 22.9 Å². The summed E-state index contributed by atoms with van der Waals surface area (Å²) in [4.78, 5) is 14.8. The number of ether oxygens (including phenoxy) is 2. The first kappa shape index (κ1) is 25.6. The SMILES string of the molecule is O=C1c2cccc(-c3ccc(Oc4ccccc4)cc3)c2C(=S)c2cccc(-c3ccc(Oc4ccccc4)cc3)c21. The molecule has 0 amide bonds. The van der Waals surface area contributed by atoms with Gasteiger partial charge in [-0.05, 0) is 70.8 Å². The molecule has 0 heterocycles. The van der Waals surface area contributed by atoms with Crippen LogP contribution in [0.1, 0.15) is 27.0 Å². The van der Waals surface area contributed by atoms with Gasteiger partial charge in [-0.25, -0.2) is 0 Å². The minimum atomic E-state index is -0.0281. The predicted octanol–water partition coefficient (Wildman–Crippen LogP) is 9.92. The van der Waals surface area contributed by atoms with Gasteiger partial charge in [0.1, 0.15) is 23.0 Å². The van der Waals surface area contributed by atoms with E-state index in [9.17, 15) is 4.79 Å². The molecule has 1 aliphatic rings. The molecule has 3 nitrogen and oxygen atoms in total. The fraction of sp³-hybridized carbons (Fsp3) is 0. The Bertz CT molecular complexity index is 1780. The number of para-hydroxylation sites is 2. The lowest BCUT2D eigenvalue weighted by molar-refractivity contribution is 0.103. The zero-order valence-corrected chi connectivity index (χ0v) is 23.3. The largest absolute Gasteiger partial charge is 0.457 e. The van der Waals surface area contributed by atoms with Crippen molar-refractivity contribution in [3.05, 3.63) is 168 Å². The van der Waals surface area contributed by atoms with E-state index in [1.54, 1.807) is 0 Å². The maximum absolute atomic E-state index is 14.1. The average Bonchev–Trinajstić information content (AvgIpc) is 3.05. The van der Waals surface area contributed by atoms with Crippen molar-refractivity contribution in [2.24, 2.45) is 0 Å². The summed E-state index contributed by atoms with van der Waals surface area (Å²) in [7, 11) is 0. The molecule has 0 aromatic heterocycles. The Morgan fingerprint density at radius 1 is 0.381 bits per heavy atom. The molecular weight excluding hydrogens is 536 g/mol. The predicted molar refractivity (Wildman–Crippen MR) is 171 cm³/mol. The highest BCUT2D eigenvalue weighted by molar-refractivity contribution is 7.81. The molecule has 0 radical (unpaired) electrons. The highest BCUT2D eigenvalue weighted by Gasteiger charge is 2.31. The van der Waals surface area contributed by atoms with Crippen molar-refractivity contribution in [2.45, 2.75) is 0 Å². The van der Waals surface area contributed by atoms with Crippen molar-refractivity contribution in [2.75, 3.05) is 0 Å². The molecule has 7 rings (SSSR count). The number of carbonyl (C=O) groups is 1. The first-order chi connectivity index (χ1) is 20.7. The van der Waals surface area contributed by atoms with Gasteiger partial charge in [0, 0.05) is 22.3 Å². The van der Waals surface area contributed by atoms with E-state index in [4.69, 9.17) is 21.7 Å². The minimum absolute atomic E-state index is 0.0281. The molecule has 0 saturated heterocycles. The van der Waals surface area contributed by atoms with Gasteiger partial charge in [-0.15, -0.1) is 0 Å². The minimum Gasteiger partial charge on any atom is -0.457 e. The van der Waals surface area contributed by atoms with E-state index in [1.165, 1.54) is 0 Å². The van der Waals surface area contributed by atoms with Crippen LogP contribution in [0.2, 0.25) is 0 Å². The monoisotopic (exact) mass is 560 g/mol. The normalized spacial score (nSPS) is 11.9. The van der Waals surface area contributed by atoms with E-state index in [0.29, 0.717) is 16.0 Å². The van der Waals surface area contributed by atoms with Gasteiger partial charge in [-0.2, -0.15) is 0 Å². The van der Waals surface area contributed by atoms with Crippen LogP contribution in [-0.2, 0) is 0 Å². The Balaban J connectivity index is 1.21. The van der Waals surface area contributed by atoms with Gasteiger partial charge < -0.3 is 9.47 Å². The van der Waals surface area contributed by atoms with Crippen LogP contribution in [0.15, 0.2) is 146 Å². The molecule has 42 heavy (non-hydrogen) atoms. The molecule has 0 saturated carbocycles. The number of hydrogen-bond acceptors (Lipinski definition) is 4. The fourth-order valence-corrected chi connectivity index (χ4v) is 5.77. The van der Waals surface area contributed by atoms with Crippen LogP contribution >= 0.6 is 12.2 Å². The third kappa shape index (κ3) is 4.78. The van der Waals surface area contributed by atoms with Crippen LogP contribution in [0, 0.1) is 0 Å². The van der Waals surface area contributed by atoms with Crippen LogP contribution in [0.5, 0.6) is 23.0 Å². The van der Waals surface area contributed by atoms with Gasteiger partial charge in [-0.3, -0.25) is 4.79 Å². The zero-order chi connectivity index (χ0) is 28.5. The van der Waals surface area contributed by atoms with Crippen LogP contribution in [0.25, 0.3) is 22.3 Å². The maximum atomic E-state index is 14.1. The van der Waals surface area contributed by atoms with Gasteiger partial charge in [0.2, 0.25) is 0 Å². The summed E-state index contributed by atoms with van der Waals surface area (Å²) in [5.74, 6) is 2.99. The van der Waals surface area contributed by atoms with Gasteiger partial charge in [0.05, 0.1) is 4.86 Å². The zero-order valence-electron chi connectivity index (χ0n) is 22.5. The summed E-state index contributed by atoms with van der Waals surface area (Å²) in [6.07, 6.45) is 0. The summed E-state index contributed by atoms with van der Waals surface area (Å²) in [5, 5.41) is 0. The van der Waals surface area contributed by atoms with Crippen LogP contribution in [0.4, 0.5) is 0 Å². The molecule has 0 bridgehead atoms. The number of fused-ring (bicyclic) bond motifs is 2. The fourth-order valence-electron chi connectivity index (χ4n) is 5.38. The molecule has 4 heteroatoms. The van der Waals surface area contributed by atoms with E-state index >= 15 is 0 Å². The van der Waals surface area contributed by atoms with Crippen LogP contribution in [0.3, 0.4) is 0 Å². The lowest BCUT2D eigenvalue weighted by Gasteiger charge is -2.24. The standard InChI is InChI=1S/C38H24O3S/c39-37-33-15-7-14-32(26-19-23-30(24-20-26)41-28-11-5-2-6-12-28)36(33)38(42)34-16-8-13-31(35(34)37)25-17-21-29(22-18-25)40-27-9-3-1-4-10-27/h1-24H. The van der Waals surface area contributed by atoms with Crippen molar-refractivity contribution in [3.8, 4) is 45.3 Å². The number of benzene rings is 6. The number of rotatable bonds is 6. The van der Waals surface area contributed by atoms with Crippen molar-refractivity contribution in [1.29, 1.82) is 0 Å². The summed E-state index contributed by atoms with van der Waals surface area (Å²) in [6.45, 7) is 0. The third-order valence-corrected chi connectivity index (χ3v) is 7.78. The summed E-state index contributed by atoms with van der Waals surface area (Å²) >= 11 is 6.07. The van der Waals surface area contributed by atoms with E-state index in [0.717, 1.165) is 56.4 Å². The Hall–Kier alpha value is -5.32. The number of hydrogen-bond donors (Lipinski definition) is 0. The molecule has 0 N–H and O–H groups in total. The van der Waals surface area contributed by atoms with Crippen LogP contribution in [-0.4, -0.2) is 10.6 Å². The Kier molecular flexibility index (Phi) is 6.67. The molecule has 0 atom stereocenters. The smallest absolute Gasteiger partial charge is 0.194 e. The van der Waals surface area contributed by atoms with Gasteiger partial charge >= 0.3 is 0 Å². The Labute approximate surface area is 249 Å². The van der Waals surface area contributed by atoms with E-state index in [1.807, 2.05) is 146 Å². The Morgan fingerprint density at radius 2 is 0.786 bits per heavy atom. The highest BCUT2D eigenvalue weighted by Crippen LogP contribution is 2.39. The van der Waals surface area contributed by atoms with Crippen LogP contribution < -0.4 is 9.47 Å². The average molecular weight is 561 g/mol. The maximum Gasteiger partial charge on any atom is 0.194 e. The summed E-state index contributed by atoms with van der Waals surface area (Å²) in [5.41, 5.74) is 6.50. The van der Waals surface area contributed by atoms with E-state index in [2.05, 4.69) is 0 Å². The lowest BCUT2D eigenvalue weighted by atomic mass is 9.78. The molecule has 200 valence electrons. The second-order valence-corrected chi connectivity index (χ2v) is 10.4. The van der Waals surface area contributed by atoms with Gasteiger partial charge in [0.15, 0.2) is 5.78 Å². The second kappa shape index (κ2) is 10.9. The molecule has 0 unspecified atom stereocenters. The molecular formula is C38H24O3S. The van der Waals surface area contributed by atoms with Gasteiger partial charge in [0.25, 0.3) is 0 Å². The molecule has 1 aliphatic carbocycles. The first-order valence-corrected chi connectivity index (χ1v) is 14.1. The number of thiocarbonyl (C=S) groups is 1. The molecule has 0 aliphatic heterocycles. The van der Waals surface area contributed by atoms with Crippen molar-refractivity contribution in [3.63, 3.8) is 0 Å². The highest BCUT2D eigenvalue weighted by atomic mass is 32.1. The molecule has 0 fully saturated rings. The topological polar surface area (TPSA) is 35.5 Å². The second-order valence-electron chi connectivity index (χ2n) is 9.99. The summed E-state index contributed by atoms with van der Waals surface area (Å²) in [6, 6.07) is 46.7. The van der Waals surface area contributed by atoms with Crippen molar-refractivity contribution in [1.82, 2.24) is 0 Å². The van der Waals surface area contributed by atoms with E-state index in [-0.39, 0.29) is 5.78 Å².